The number of benzene rings is 1. The van der Waals surface area contributed by atoms with Crippen molar-refractivity contribution in [1.29, 1.82) is 0 Å². The van der Waals surface area contributed by atoms with Crippen molar-refractivity contribution in [3.8, 4) is 5.69 Å². The maximum Gasteiger partial charge on any atom is 0.338 e. The van der Waals surface area contributed by atoms with Gasteiger partial charge in [0.05, 0.1) is 11.4 Å². The highest BCUT2D eigenvalue weighted by Crippen LogP contribution is 2.25. The lowest BCUT2D eigenvalue weighted by Gasteiger charge is -2.24. The van der Waals surface area contributed by atoms with E-state index in [0.29, 0.717) is 10.6 Å². The second-order valence-corrected chi connectivity index (χ2v) is 6.50. The fourth-order valence-corrected chi connectivity index (χ4v) is 3.48. The van der Waals surface area contributed by atoms with E-state index in [1.165, 1.54) is 11.3 Å². The summed E-state index contributed by atoms with van der Waals surface area (Å²) in [4.78, 5) is 25.2. The molecule has 6 nitrogen and oxygen atoms in total. The zero-order valence-electron chi connectivity index (χ0n) is 13.9. The zero-order chi connectivity index (χ0) is 18.0. The van der Waals surface area contributed by atoms with Crippen molar-refractivity contribution in [2.45, 2.75) is 13.8 Å². The Morgan fingerprint density at radius 1 is 1.08 bits per heavy atom. The third kappa shape index (κ3) is 3.27. The number of hydrazine groups is 1. The molecule has 0 saturated carbocycles. The number of urea groups is 1. The molecule has 3 aromatic rings. The Morgan fingerprint density at radius 3 is 2.32 bits per heavy atom. The number of rotatable bonds is 3. The number of primary amides is 1. The van der Waals surface area contributed by atoms with Gasteiger partial charge in [0.1, 0.15) is 4.88 Å². The number of aryl methyl sites for hydroxylation is 2. The average Bonchev–Trinajstić information content (AvgIpc) is 3.24. The third-order valence-corrected chi connectivity index (χ3v) is 4.73. The van der Waals surface area contributed by atoms with Crippen LogP contribution < -0.4 is 16.2 Å². The Hall–Kier alpha value is -3.06. The lowest BCUT2D eigenvalue weighted by molar-refractivity contribution is 0.0955. The smallest absolute Gasteiger partial charge is 0.338 e. The van der Waals surface area contributed by atoms with Gasteiger partial charge in [-0.2, -0.15) is 0 Å². The molecule has 3 N–H and O–H groups in total. The van der Waals surface area contributed by atoms with E-state index >= 15 is 0 Å². The summed E-state index contributed by atoms with van der Waals surface area (Å²) in [5.74, 6) is -0.389. The van der Waals surface area contributed by atoms with E-state index in [-0.39, 0.29) is 5.91 Å². The second-order valence-electron chi connectivity index (χ2n) is 5.58. The molecule has 0 aliphatic carbocycles. The molecule has 128 valence electrons. The van der Waals surface area contributed by atoms with Gasteiger partial charge in [-0.15, -0.1) is 11.3 Å². The van der Waals surface area contributed by atoms with E-state index in [2.05, 4.69) is 5.43 Å². The highest BCUT2D eigenvalue weighted by molar-refractivity contribution is 7.12. The summed E-state index contributed by atoms with van der Waals surface area (Å²) in [6.07, 6.45) is 3.71. The van der Waals surface area contributed by atoms with E-state index < -0.39 is 6.03 Å². The summed E-state index contributed by atoms with van der Waals surface area (Å²) in [7, 11) is 0. The first-order chi connectivity index (χ1) is 12.0. The number of thiophene rings is 1. The van der Waals surface area contributed by atoms with Crippen molar-refractivity contribution in [3.63, 3.8) is 0 Å². The number of hydrogen-bond acceptors (Lipinski definition) is 3. The molecule has 0 spiro atoms. The lowest BCUT2D eigenvalue weighted by atomic mass is 10.1. The van der Waals surface area contributed by atoms with Crippen molar-refractivity contribution < 1.29 is 9.59 Å². The SMILES string of the molecule is Cc1cccc(C)c1N(NC(=O)c1sccc1-n1cccc1)C(N)=O. The summed E-state index contributed by atoms with van der Waals surface area (Å²) in [5.41, 5.74) is 11.2. The molecular weight excluding hydrogens is 336 g/mol. The quantitative estimate of drug-likeness (QED) is 0.707. The van der Waals surface area contributed by atoms with Crippen LogP contribution in [0.5, 0.6) is 0 Å². The Labute approximate surface area is 149 Å². The van der Waals surface area contributed by atoms with Crippen LogP contribution in [0.2, 0.25) is 0 Å². The van der Waals surface area contributed by atoms with Crippen molar-refractivity contribution in [3.05, 3.63) is 70.2 Å². The highest BCUT2D eigenvalue weighted by atomic mass is 32.1. The summed E-state index contributed by atoms with van der Waals surface area (Å²) < 4.78 is 1.85. The predicted molar refractivity (Wildman–Crippen MR) is 99.1 cm³/mol. The molecule has 7 heteroatoms. The van der Waals surface area contributed by atoms with Gasteiger partial charge in [-0.3, -0.25) is 10.2 Å². The molecule has 3 rings (SSSR count). The minimum atomic E-state index is -0.746. The topological polar surface area (TPSA) is 80.4 Å². The maximum absolute atomic E-state index is 12.8. The van der Waals surface area contributed by atoms with E-state index in [9.17, 15) is 9.59 Å². The van der Waals surface area contributed by atoms with Crippen LogP contribution in [0.4, 0.5) is 10.5 Å². The summed E-state index contributed by atoms with van der Waals surface area (Å²) in [5, 5.41) is 2.93. The van der Waals surface area contributed by atoms with Gasteiger partial charge in [-0.25, -0.2) is 9.80 Å². The molecule has 1 aromatic carbocycles. The summed E-state index contributed by atoms with van der Waals surface area (Å²) >= 11 is 1.30. The molecule has 0 saturated heterocycles. The number of nitrogens with zero attached hydrogens (tertiary/aromatic N) is 2. The molecule has 25 heavy (non-hydrogen) atoms. The Morgan fingerprint density at radius 2 is 1.72 bits per heavy atom. The summed E-state index contributed by atoms with van der Waals surface area (Å²) in [6, 6.07) is 10.5. The third-order valence-electron chi connectivity index (χ3n) is 3.83. The molecule has 0 aliphatic rings. The van der Waals surface area contributed by atoms with Gasteiger partial charge in [0.2, 0.25) is 0 Å². The molecule has 3 amide bonds. The minimum absolute atomic E-state index is 0.389. The van der Waals surface area contributed by atoms with Gasteiger partial charge in [0.15, 0.2) is 0 Å². The maximum atomic E-state index is 12.8. The van der Waals surface area contributed by atoms with Crippen molar-refractivity contribution in [2.75, 3.05) is 5.01 Å². The van der Waals surface area contributed by atoms with Crippen molar-refractivity contribution in [2.24, 2.45) is 5.73 Å². The first kappa shape index (κ1) is 16.8. The number of hydrogen-bond donors (Lipinski definition) is 2. The van der Waals surface area contributed by atoms with Crippen LogP contribution in [0, 0.1) is 13.8 Å². The number of amides is 3. The van der Waals surface area contributed by atoms with E-state index in [0.717, 1.165) is 21.8 Å². The van der Waals surface area contributed by atoms with Crippen LogP contribution in [0.25, 0.3) is 5.69 Å². The molecule has 2 heterocycles. The molecule has 0 radical (unpaired) electrons. The number of nitrogens with two attached hydrogens (primary N) is 1. The number of nitrogens with one attached hydrogen (secondary N) is 1. The molecule has 0 aliphatic heterocycles. The normalized spacial score (nSPS) is 10.5. The molecular formula is C18H18N4O2S. The number of para-hydroxylation sites is 1. The summed E-state index contributed by atoms with van der Waals surface area (Å²) in [6.45, 7) is 3.72. The van der Waals surface area contributed by atoms with E-state index in [1.807, 2.05) is 72.6 Å². The standard InChI is InChI=1S/C18H18N4O2S/c1-12-6-5-7-13(2)15(12)22(18(19)24)20-17(23)16-14(8-11-25-16)21-9-3-4-10-21/h3-11H,1-2H3,(H2,19,24)(H,20,23). The first-order valence-corrected chi connectivity index (χ1v) is 8.54. The number of carbonyl (C=O) groups is 2. The highest BCUT2D eigenvalue weighted by Gasteiger charge is 2.22. The van der Waals surface area contributed by atoms with Gasteiger partial charge >= 0.3 is 6.03 Å². The van der Waals surface area contributed by atoms with Gasteiger partial charge in [-0.05, 0) is 48.6 Å². The molecule has 2 aromatic heterocycles. The Balaban J connectivity index is 1.93. The first-order valence-electron chi connectivity index (χ1n) is 7.66. The molecule has 0 bridgehead atoms. The minimum Gasteiger partial charge on any atom is -0.350 e. The van der Waals surface area contributed by atoms with E-state index in [1.54, 1.807) is 0 Å². The van der Waals surface area contributed by atoms with Gasteiger partial charge in [-0.1, -0.05) is 18.2 Å². The molecule has 0 atom stereocenters. The lowest BCUT2D eigenvalue weighted by Crippen LogP contribution is -2.49. The van der Waals surface area contributed by atoms with Crippen molar-refractivity contribution in [1.82, 2.24) is 9.99 Å². The number of anilines is 1. The largest absolute Gasteiger partial charge is 0.350 e. The average molecular weight is 354 g/mol. The fraction of sp³-hybridized carbons (Fsp3) is 0.111. The van der Waals surface area contributed by atoms with Crippen LogP contribution in [0.3, 0.4) is 0 Å². The fourth-order valence-electron chi connectivity index (χ4n) is 2.70. The van der Waals surface area contributed by atoms with Gasteiger partial charge in [0.25, 0.3) is 5.91 Å². The monoisotopic (exact) mass is 354 g/mol. The van der Waals surface area contributed by atoms with Crippen molar-refractivity contribution >= 4 is 29.0 Å². The predicted octanol–water partition coefficient (Wildman–Crippen LogP) is 3.39. The number of aromatic nitrogens is 1. The van der Waals surface area contributed by atoms with Crippen LogP contribution in [0.1, 0.15) is 20.8 Å². The Bertz CT molecular complexity index is 895. The van der Waals surface area contributed by atoms with E-state index in [4.69, 9.17) is 5.73 Å². The van der Waals surface area contributed by atoms with Crippen LogP contribution in [-0.2, 0) is 0 Å². The van der Waals surface area contributed by atoms with Gasteiger partial charge < -0.3 is 10.3 Å². The molecule has 0 fully saturated rings. The molecule has 0 unspecified atom stereocenters. The number of carbonyl (C=O) groups excluding carboxylic acids is 2. The van der Waals surface area contributed by atoms with Crippen LogP contribution in [-0.4, -0.2) is 16.5 Å². The zero-order valence-corrected chi connectivity index (χ0v) is 14.7. The Kier molecular flexibility index (Phi) is 4.58. The van der Waals surface area contributed by atoms with Gasteiger partial charge in [0, 0.05) is 12.4 Å². The second kappa shape index (κ2) is 6.82. The van der Waals surface area contributed by atoms with Crippen LogP contribution in [0.15, 0.2) is 54.2 Å². The van der Waals surface area contributed by atoms with Crippen LogP contribution >= 0.6 is 11.3 Å².